The molecular formula is C15H12FN3O5S. The molecule has 0 aliphatic carbocycles. The first-order chi connectivity index (χ1) is 11.9. The van der Waals surface area contributed by atoms with Gasteiger partial charge in [0.2, 0.25) is 0 Å². The standard InChI is InChI=1S/C15H12FN3O5S/c1-2-24-12(20)7-19-14(22)13(21)18(15(19)23)6-11-17-9-4-3-8(16)5-10(9)25-11/h3-5H,2,6-7H2,1H3. The predicted molar refractivity (Wildman–Crippen MR) is 83.9 cm³/mol. The minimum absolute atomic E-state index is 0.0922. The highest BCUT2D eigenvalue weighted by atomic mass is 32.1. The zero-order chi connectivity index (χ0) is 18.1. The van der Waals surface area contributed by atoms with Crippen LogP contribution in [0.2, 0.25) is 0 Å². The van der Waals surface area contributed by atoms with Crippen LogP contribution in [0.3, 0.4) is 0 Å². The van der Waals surface area contributed by atoms with E-state index in [9.17, 15) is 23.6 Å². The maximum Gasteiger partial charge on any atom is 0.335 e. The van der Waals surface area contributed by atoms with Crippen molar-refractivity contribution in [1.29, 1.82) is 0 Å². The topological polar surface area (TPSA) is 96.9 Å². The molecule has 0 radical (unpaired) electrons. The fourth-order valence-corrected chi connectivity index (χ4v) is 3.30. The number of hydrogen-bond donors (Lipinski definition) is 0. The highest BCUT2D eigenvalue weighted by Gasteiger charge is 2.45. The third-order valence-corrected chi connectivity index (χ3v) is 4.42. The molecule has 0 spiro atoms. The second-order valence-electron chi connectivity index (χ2n) is 5.09. The van der Waals surface area contributed by atoms with Crippen LogP contribution < -0.4 is 0 Å². The number of carbonyl (C=O) groups is 4. The van der Waals surface area contributed by atoms with Gasteiger partial charge in [0.05, 0.1) is 23.4 Å². The number of ether oxygens (including phenoxy) is 1. The molecule has 3 rings (SSSR count). The van der Waals surface area contributed by atoms with E-state index < -0.39 is 36.2 Å². The summed E-state index contributed by atoms with van der Waals surface area (Å²) >= 11 is 1.11. The highest BCUT2D eigenvalue weighted by Crippen LogP contribution is 2.25. The van der Waals surface area contributed by atoms with Crippen molar-refractivity contribution in [2.24, 2.45) is 0 Å². The minimum atomic E-state index is -1.09. The third kappa shape index (κ3) is 3.20. The van der Waals surface area contributed by atoms with Crippen LogP contribution >= 0.6 is 11.3 Å². The van der Waals surface area contributed by atoms with Crippen molar-refractivity contribution in [3.8, 4) is 0 Å². The average molecular weight is 365 g/mol. The van der Waals surface area contributed by atoms with E-state index >= 15 is 0 Å². The summed E-state index contributed by atoms with van der Waals surface area (Å²) in [5, 5.41) is 0.369. The van der Waals surface area contributed by atoms with Crippen molar-refractivity contribution in [3.05, 3.63) is 29.0 Å². The number of fused-ring (bicyclic) bond motifs is 1. The van der Waals surface area contributed by atoms with Gasteiger partial charge in [0.1, 0.15) is 17.4 Å². The Bertz CT molecular complexity index is 896. The smallest absolute Gasteiger partial charge is 0.335 e. The minimum Gasteiger partial charge on any atom is -0.465 e. The first kappa shape index (κ1) is 17.0. The van der Waals surface area contributed by atoms with Crippen LogP contribution in [0.5, 0.6) is 0 Å². The van der Waals surface area contributed by atoms with E-state index in [2.05, 4.69) is 9.72 Å². The molecule has 1 aliphatic heterocycles. The number of urea groups is 1. The number of amides is 4. The van der Waals surface area contributed by atoms with E-state index in [1.165, 1.54) is 18.2 Å². The number of rotatable bonds is 5. The molecule has 8 nitrogen and oxygen atoms in total. The first-order valence-corrected chi connectivity index (χ1v) is 8.10. The van der Waals surface area contributed by atoms with Crippen LogP contribution in [0, 0.1) is 5.82 Å². The maximum absolute atomic E-state index is 13.2. The quantitative estimate of drug-likeness (QED) is 0.450. The Morgan fingerprint density at radius 3 is 2.68 bits per heavy atom. The molecule has 4 amide bonds. The van der Waals surface area contributed by atoms with Crippen LogP contribution in [0.15, 0.2) is 18.2 Å². The van der Waals surface area contributed by atoms with E-state index in [-0.39, 0.29) is 13.2 Å². The van der Waals surface area contributed by atoms with Gasteiger partial charge in [-0.3, -0.25) is 14.4 Å². The summed E-state index contributed by atoms with van der Waals surface area (Å²) in [5.41, 5.74) is 0.523. The van der Waals surface area contributed by atoms with Crippen LogP contribution in [0.1, 0.15) is 11.9 Å². The number of imide groups is 2. The molecule has 2 heterocycles. The van der Waals surface area contributed by atoms with E-state index in [4.69, 9.17) is 0 Å². The number of esters is 1. The molecule has 25 heavy (non-hydrogen) atoms. The van der Waals surface area contributed by atoms with Crippen molar-refractivity contribution in [1.82, 2.24) is 14.8 Å². The maximum atomic E-state index is 13.2. The van der Waals surface area contributed by atoms with Gasteiger partial charge < -0.3 is 4.74 Å². The van der Waals surface area contributed by atoms with Crippen LogP contribution in [-0.4, -0.2) is 51.8 Å². The van der Waals surface area contributed by atoms with Crippen LogP contribution in [-0.2, 0) is 25.7 Å². The third-order valence-electron chi connectivity index (χ3n) is 3.42. The molecule has 1 saturated heterocycles. The van der Waals surface area contributed by atoms with Crippen molar-refractivity contribution in [2.75, 3.05) is 13.2 Å². The van der Waals surface area contributed by atoms with Gasteiger partial charge in [-0.25, -0.2) is 24.0 Å². The summed E-state index contributed by atoms with van der Waals surface area (Å²) in [4.78, 5) is 53.1. The van der Waals surface area contributed by atoms with Gasteiger partial charge in [-0.1, -0.05) is 0 Å². The summed E-state index contributed by atoms with van der Waals surface area (Å²) in [5.74, 6) is -3.34. The Morgan fingerprint density at radius 1 is 1.24 bits per heavy atom. The van der Waals surface area contributed by atoms with E-state index in [1.807, 2.05) is 0 Å². The van der Waals surface area contributed by atoms with E-state index in [0.717, 1.165) is 11.3 Å². The summed E-state index contributed by atoms with van der Waals surface area (Å²) in [6.07, 6.45) is 0. The molecule has 10 heteroatoms. The summed E-state index contributed by atoms with van der Waals surface area (Å²) in [6.45, 7) is 0.816. The molecule has 1 fully saturated rings. The van der Waals surface area contributed by atoms with Gasteiger partial charge in [-0.05, 0) is 25.1 Å². The fraction of sp³-hybridized carbons (Fsp3) is 0.267. The number of hydrogen-bond acceptors (Lipinski definition) is 7. The summed E-state index contributed by atoms with van der Waals surface area (Å²) in [7, 11) is 0. The Labute approximate surface area is 144 Å². The highest BCUT2D eigenvalue weighted by molar-refractivity contribution is 7.18. The largest absolute Gasteiger partial charge is 0.465 e. The summed E-state index contributed by atoms with van der Waals surface area (Å²) in [6, 6.07) is 3.12. The molecule has 0 unspecified atom stereocenters. The van der Waals surface area contributed by atoms with Gasteiger partial charge in [0.25, 0.3) is 0 Å². The SMILES string of the molecule is CCOC(=O)CN1C(=O)C(=O)N(Cc2nc3ccc(F)cc3s2)C1=O. The van der Waals surface area contributed by atoms with Crippen molar-refractivity contribution in [3.63, 3.8) is 0 Å². The van der Waals surface area contributed by atoms with Crippen LogP contribution in [0.4, 0.5) is 9.18 Å². The van der Waals surface area contributed by atoms with E-state index in [1.54, 1.807) is 6.92 Å². The molecule has 0 bridgehead atoms. The number of thiazole rings is 1. The normalized spacial score (nSPS) is 14.7. The van der Waals surface area contributed by atoms with Crippen molar-refractivity contribution < 1.29 is 28.3 Å². The predicted octanol–water partition coefficient (Wildman–Crippen LogP) is 1.29. The molecule has 0 saturated carbocycles. The second kappa shape index (κ2) is 6.55. The Hall–Kier alpha value is -2.88. The number of benzene rings is 1. The Morgan fingerprint density at radius 2 is 1.96 bits per heavy atom. The number of carbonyl (C=O) groups excluding carboxylic acids is 4. The molecule has 0 N–H and O–H groups in total. The lowest BCUT2D eigenvalue weighted by Crippen LogP contribution is -2.37. The lowest BCUT2D eigenvalue weighted by Gasteiger charge is -2.13. The Kier molecular flexibility index (Phi) is 4.45. The van der Waals surface area contributed by atoms with Gasteiger partial charge in [-0.15, -0.1) is 11.3 Å². The van der Waals surface area contributed by atoms with E-state index in [0.29, 0.717) is 25.0 Å². The first-order valence-electron chi connectivity index (χ1n) is 7.28. The van der Waals surface area contributed by atoms with Crippen molar-refractivity contribution in [2.45, 2.75) is 13.5 Å². The number of nitrogens with zero attached hydrogens (tertiary/aromatic N) is 3. The van der Waals surface area contributed by atoms with Gasteiger partial charge in [0.15, 0.2) is 0 Å². The monoisotopic (exact) mass is 365 g/mol. The lowest BCUT2D eigenvalue weighted by molar-refractivity contribution is -0.148. The molecule has 1 aromatic heterocycles. The van der Waals surface area contributed by atoms with Gasteiger partial charge in [0, 0.05) is 0 Å². The molecule has 0 atom stereocenters. The molecule has 130 valence electrons. The van der Waals surface area contributed by atoms with Crippen molar-refractivity contribution >= 4 is 45.4 Å². The Balaban J connectivity index is 1.79. The molecule has 2 aromatic rings. The van der Waals surface area contributed by atoms with Gasteiger partial charge in [-0.2, -0.15) is 0 Å². The van der Waals surface area contributed by atoms with Crippen LogP contribution in [0.25, 0.3) is 10.2 Å². The summed E-state index contributed by atoms with van der Waals surface area (Å²) < 4.78 is 18.5. The fourth-order valence-electron chi connectivity index (χ4n) is 2.31. The molecule has 1 aliphatic rings. The number of aromatic nitrogens is 1. The number of halogens is 1. The zero-order valence-electron chi connectivity index (χ0n) is 13.0. The molecule has 1 aromatic carbocycles. The lowest BCUT2D eigenvalue weighted by atomic mass is 10.3. The van der Waals surface area contributed by atoms with Gasteiger partial charge >= 0.3 is 23.8 Å². The second-order valence-corrected chi connectivity index (χ2v) is 6.21. The molecular weight excluding hydrogens is 353 g/mol. The average Bonchev–Trinajstić information content (AvgIpc) is 3.04. The zero-order valence-corrected chi connectivity index (χ0v) is 13.8.